The summed E-state index contributed by atoms with van der Waals surface area (Å²) in [6, 6.07) is 2.53. The third kappa shape index (κ3) is 2.67. The van der Waals surface area contributed by atoms with Gasteiger partial charge in [-0.2, -0.15) is 0 Å². The minimum atomic E-state index is -3.59. The van der Waals surface area contributed by atoms with Gasteiger partial charge in [-0.15, -0.1) is 0 Å². The summed E-state index contributed by atoms with van der Waals surface area (Å²) in [5.74, 6) is -0.400. The molecule has 0 atom stereocenters. The highest BCUT2D eigenvalue weighted by molar-refractivity contribution is 7.89. The van der Waals surface area contributed by atoms with Gasteiger partial charge < -0.3 is 0 Å². The molecule has 1 fully saturated rings. The highest BCUT2D eigenvalue weighted by Gasteiger charge is 2.39. The van der Waals surface area contributed by atoms with Gasteiger partial charge in [0.15, 0.2) is 0 Å². The van der Waals surface area contributed by atoms with E-state index in [2.05, 4.69) is 4.72 Å². The van der Waals surface area contributed by atoms with Gasteiger partial charge in [0.1, 0.15) is 5.82 Å². The molecule has 106 valence electrons. The second-order valence-corrected chi connectivity index (χ2v) is 7.08. The number of sulfonamides is 1. The molecule has 1 N–H and O–H groups in total. The Morgan fingerprint density at radius 3 is 2.16 bits per heavy atom. The molecule has 1 aliphatic carbocycles. The van der Waals surface area contributed by atoms with Crippen LogP contribution in [-0.4, -0.2) is 14.0 Å². The van der Waals surface area contributed by atoms with Gasteiger partial charge in [-0.3, -0.25) is 0 Å². The molecule has 0 amide bonds. The van der Waals surface area contributed by atoms with Crippen LogP contribution in [0.3, 0.4) is 0 Å². The van der Waals surface area contributed by atoms with E-state index in [0.717, 1.165) is 25.7 Å². The molecule has 0 saturated heterocycles. The molecule has 0 aromatic heterocycles. The van der Waals surface area contributed by atoms with Crippen LogP contribution in [0, 0.1) is 19.7 Å². The first-order chi connectivity index (χ1) is 8.80. The van der Waals surface area contributed by atoms with Crippen LogP contribution < -0.4 is 4.72 Å². The first-order valence-electron chi connectivity index (χ1n) is 6.60. The second kappa shape index (κ2) is 4.87. The summed E-state index contributed by atoms with van der Waals surface area (Å²) in [7, 11) is -3.59. The summed E-state index contributed by atoms with van der Waals surface area (Å²) in [5.41, 5.74) is 0.609. The maximum Gasteiger partial charge on any atom is 0.241 e. The minimum Gasteiger partial charge on any atom is -0.207 e. The van der Waals surface area contributed by atoms with Crippen LogP contribution in [0.2, 0.25) is 0 Å². The number of rotatable bonds is 4. The highest BCUT2D eigenvalue weighted by atomic mass is 32.2. The Morgan fingerprint density at radius 1 is 1.26 bits per heavy atom. The predicted molar refractivity (Wildman–Crippen MR) is 73.1 cm³/mol. The Balaban J connectivity index is 2.40. The minimum absolute atomic E-state index is 0.216. The van der Waals surface area contributed by atoms with Crippen molar-refractivity contribution in [2.75, 3.05) is 0 Å². The normalized spacial score (nSPS) is 18.1. The fourth-order valence-electron chi connectivity index (χ4n) is 2.79. The molecule has 0 unspecified atom stereocenters. The third-order valence-corrected chi connectivity index (χ3v) is 5.92. The Morgan fingerprint density at radius 2 is 1.79 bits per heavy atom. The lowest BCUT2D eigenvalue weighted by molar-refractivity contribution is 0.214. The zero-order chi connectivity index (χ0) is 14.3. The van der Waals surface area contributed by atoms with E-state index in [9.17, 15) is 12.8 Å². The van der Waals surface area contributed by atoms with Crippen LogP contribution in [0.1, 0.15) is 43.7 Å². The van der Waals surface area contributed by atoms with Crippen LogP contribution in [0.4, 0.5) is 4.39 Å². The van der Waals surface area contributed by atoms with Gasteiger partial charge >= 0.3 is 0 Å². The molecular weight excluding hydrogens is 265 g/mol. The molecule has 19 heavy (non-hydrogen) atoms. The average molecular weight is 285 g/mol. The lowest BCUT2D eigenvalue weighted by atomic mass is 9.76. The number of nitrogens with one attached hydrogen (secondary N) is 1. The summed E-state index contributed by atoms with van der Waals surface area (Å²) in [6.45, 7) is 5.25. The van der Waals surface area contributed by atoms with Gasteiger partial charge in [0.25, 0.3) is 0 Å². The van der Waals surface area contributed by atoms with E-state index in [-0.39, 0.29) is 10.4 Å². The summed E-state index contributed by atoms with van der Waals surface area (Å²) < 4.78 is 41.1. The van der Waals surface area contributed by atoms with E-state index in [1.807, 2.05) is 6.92 Å². The summed E-state index contributed by atoms with van der Waals surface area (Å²) in [6.07, 6.45) is 3.59. The first kappa shape index (κ1) is 14.5. The summed E-state index contributed by atoms with van der Waals surface area (Å²) >= 11 is 0. The highest BCUT2D eigenvalue weighted by Crippen LogP contribution is 2.36. The van der Waals surface area contributed by atoms with Crippen molar-refractivity contribution in [3.63, 3.8) is 0 Å². The molecule has 0 aliphatic heterocycles. The zero-order valence-corrected chi connectivity index (χ0v) is 12.4. The third-order valence-electron chi connectivity index (χ3n) is 4.03. The molecule has 2 rings (SSSR count). The van der Waals surface area contributed by atoms with Crippen molar-refractivity contribution < 1.29 is 12.8 Å². The molecule has 1 aliphatic rings. The van der Waals surface area contributed by atoms with Crippen LogP contribution in [0.25, 0.3) is 0 Å². The van der Waals surface area contributed by atoms with Crippen molar-refractivity contribution in [2.24, 2.45) is 0 Å². The lowest BCUT2D eigenvalue weighted by Gasteiger charge is -2.41. The van der Waals surface area contributed by atoms with Gasteiger partial charge in [-0.05, 0) is 62.8 Å². The molecule has 0 bridgehead atoms. The van der Waals surface area contributed by atoms with Crippen molar-refractivity contribution >= 4 is 10.0 Å². The van der Waals surface area contributed by atoms with Crippen molar-refractivity contribution in [3.8, 4) is 0 Å². The topological polar surface area (TPSA) is 46.2 Å². The Labute approximate surface area is 114 Å². The predicted octanol–water partition coefficient (Wildman–Crippen LogP) is 3.05. The second-order valence-electron chi connectivity index (χ2n) is 5.46. The average Bonchev–Trinajstić information content (AvgIpc) is 2.21. The van der Waals surface area contributed by atoms with Crippen molar-refractivity contribution in [1.82, 2.24) is 4.72 Å². The Bertz CT molecular complexity index is 563. The smallest absolute Gasteiger partial charge is 0.207 e. The van der Waals surface area contributed by atoms with Gasteiger partial charge in [0.05, 0.1) is 4.90 Å². The quantitative estimate of drug-likeness (QED) is 0.924. The SMILES string of the molecule is CCC1(NS(=O)(=O)c2c(C)cc(F)cc2C)CCC1. The molecule has 1 aromatic rings. The number of halogens is 1. The van der Waals surface area contributed by atoms with Crippen LogP contribution in [0.5, 0.6) is 0 Å². The van der Waals surface area contributed by atoms with Gasteiger partial charge in [-0.25, -0.2) is 17.5 Å². The van der Waals surface area contributed by atoms with E-state index in [4.69, 9.17) is 0 Å². The van der Waals surface area contributed by atoms with Crippen molar-refractivity contribution in [2.45, 2.75) is 56.9 Å². The van der Waals surface area contributed by atoms with E-state index >= 15 is 0 Å². The molecule has 1 saturated carbocycles. The molecule has 3 nitrogen and oxygen atoms in total. The number of hydrogen-bond donors (Lipinski definition) is 1. The number of hydrogen-bond acceptors (Lipinski definition) is 2. The molecule has 0 heterocycles. The maximum absolute atomic E-state index is 13.3. The van der Waals surface area contributed by atoms with E-state index < -0.39 is 15.8 Å². The fraction of sp³-hybridized carbons (Fsp3) is 0.571. The molecule has 0 spiro atoms. The molecule has 1 aromatic carbocycles. The van der Waals surface area contributed by atoms with Crippen LogP contribution in [0.15, 0.2) is 17.0 Å². The van der Waals surface area contributed by atoms with Crippen LogP contribution >= 0.6 is 0 Å². The standard InChI is InChI=1S/C14H20FNO2S/c1-4-14(6-5-7-14)16-19(17,18)13-10(2)8-12(15)9-11(13)3/h8-9,16H,4-7H2,1-3H3. The maximum atomic E-state index is 13.3. The Kier molecular flexibility index (Phi) is 3.71. The van der Waals surface area contributed by atoms with E-state index in [1.54, 1.807) is 13.8 Å². The fourth-order valence-corrected chi connectivity index (χ4v) is 4.77. The van der Waals surface area contributed by atoms with Crippen LogP contribution in [-0.2, 0) is 10.0 Å². The largest absolute Gasteiger partial charge is 0.241 e. The molecule has 0 radical (unpaired) electrons. The molecule has 5 heteroatoms. The summed E-state index contributed by atoms with van der Waals surface area (Å²) in [5, 5.41) is 0. The first-order valence-corrected chi connectivity index (χ1v) is 8.09. The van der Waals surface area contributed by atoms with E-state index in [0.29, 0.717) is 11.1 Å². The molecular formula is C14H20FNO2S. The van der Waals surface area contributed by atoms with Crippen molar-refractivity contribution in [3.05, 3.63) is 29.1 Å². The van der Waals surface area contributed by atoms with Crippen molar-refractivity contribution in [1.29, 1.82) is 0 Å². The lowest BCUT2D eigenvalue weighted by Crippen LogP contribution is -2.53. The van der Waals surface area contributed by atoms with Gasteiger partial charge in [0.2, 0.25) is 10.0 Å². The van der Waals surface area contributed by atoms with Gasteiger partial charge in [-0.1, -0.05) is 6.92 Å². The van der Waals surface area contributed by atoms with E-state index in [1.165, 1.54) is 12.1 Å². The Hall–Kier alpha value is -0.940. The number of benzene rings is 1. The monoisotopic (exact) mass is 285 g/mol. The summed E-state index contributed by atoms with van der Waals surface area (Å²) in [4.78, 5) is 0.216. The number of aryl methyl sites for hydroxylation is 2. The zero-order valence-electron chi connectivity index (χ0n) is 11.6. The van der Waals surface area contributed by atoms with Gasteiger partial charge in [0, 0.05) is 5.54 Å².